The highest BCUT2D eigenvalue weighted by atomic mass is 16.6. The first-order valence-corrected chi connectivity index (χ1v) is 6.94. The topological polar surface area (TPSA) is 81.1 Å². The molecule has 0 N–H and O–H groups in total. The number of hydrogen-bond acceptors (Lipinski definition) is 6. The van der Waals surface area contributed by atoms with Crippen LogP contribution < -0.4 is 0 Å². The lowest BCUT2D eigenvalue weighted by molar-refractivity contribution is -0.384. The van der Waals surface area contributed by atoms with E-state index in [9.17, 15) is 10.1 Å². The van der Waals surface area contributed by atoms with Crippen LogP contribution in [-0.2, 0) is 4.74 Å². The Morgan fingerprint density at radius 2 is 1.86 bits per heavy atom. The highest BCUT2D eigenvalue weighted by Crippen LogP contribution is 2.24. The van der Waals surface area contributed by atoms with Crippen molar-refractivity contribution in [3.63, 3.8) is 0 Å². The van der Waals surface area contributed by atoms with Crippen LogP contribution in [0.1, 0.15) is 5.76 Å². The molecular weight excluding hydrogens is 286 g/mol. The summed E-state index contributed by atoms with van der Waals surface area (Å²) in [6.07, 6.45) is 1.67. The van der Waals surface area contributed by atoms with Gasteiger partial charge >= 0.3 is 0 Å². The molecular formula is C15H15N3O4. The van der Waals surface area contributed by atoms with Crippen LogP contribution in [0.15, 0.2) is 45.9 Å². The van der Waals surface area contributed by atoms with Gasteiger partial charge in [-0.15, -0.1) is 0 Å². The van der Waals surface area contributed by atoms with E-state index < -0.39 is 4.92 Å². The number of nitro groups is 1. The highest BCUT2D eigenvalue weighted by Gasteiger charge is 2.09. The number of furan rings is 1. The quantitative estimate of drug-likeness (QED) is 0.492. The first-order chi connectivity index (χ1) is 10.7. The maximum Gasteiger partial charge on any atom is 0.269 e. The van der Waals surface area contributed by atoms with Gasteiger partial charge in [-0.3, -0.25) is 15.1 Å². The summed E-state index contributed by atoms with van der Waals surface area (Å²) >= 11 is 0. The van der Waals surface area contributed by atoms with Crippen molar-refractivity contribution in [2.75, 3.05) is 26.3 Å². The molecule has 0 radical (unpaired) electrons. The van der Waals surface area contributed by atoms with Crippen LogP contribution >= 0.6 is 0 Å². The van der Waals surface area contributed by atoms with E-state index in [0.29, 0.717) is 24.7 Å². The normalized spacial score (nSPS) is 15.4. The number of hydrazone groups is 1. The predicted molar refractivity (Wildman–Crippen MR) is 80.8 cm³/mol. The van der Waals surface area contributed by atoms with Gasteiger partial charge in [0.25, 0.3) is 5.69 Å². The molecule has 0 spiro atoms. The van der Waals surface area contributed by atoms with Crippen molar-refractivity contribution in [3.05, 3.63) is 52.3 Å². The van der Waals surface area contributed by atoms with Crippen molar-refractivity contribution in [2.24, 2.45) is 5.10 Å². The molecule has 1 aromatic heterocycles. The molecule has 1 fully saturated rings. The number of nitro benzene ring substituents is 1. The zero-order valence-corrected chi connectivity index (χ0v) is 11.8. The van der Waals surface area contributed by atoms with Gasteiger partial charge in [0, 0.05) is 17.7 Å². The summed E-state index contributed by atoms with van der Waals surface area (Å²) < 4.78 is 10.9. The van der Waals surface area contributed by atoms with E-state index in [1.54, 1.807) is 18.3 Å². The molecule has 1 aliphatic rings. The molecule has 22 heavy (non-hydrogen) atoms. The van der Waals surface area contributed by atoms with Crippen molar-refractivity contribution < 1.29 is 14.1 Å². The van der Waals surface area contributed by atoms with E-state index >= 15 is 0 Å². The average molecular weight is 301 g/mol. The largest absolute Gasteiger partial charge is 0.455 e. The average Bonchev–Trinajstić information content (AvgIpc) is 3.03. The SMILES string of the molecule is O=[N+]([O-])c1ccc(-c2ccc(/C=N\N3CCOCC3)o2)cc1. The Hall–Kier alpha value is -2.67. The summed E-state index contributed by atoms with van der Waals surface area (Å²) in [5.41, 5.74) is 0.848. The Balaban J connectivity index is 1.70. The fourth-order valence-corrected chi connectivity index (χ4v) is 2.13. The van der Waals surface area contributed by atoms with Crippen LogP contribution in [-0.4, -0.2) is 42.5 Å². The first-order valence-electron chi connectivity index (χ1n) is 6.94. The van der Waals surface area contributed by atoms with Crippen molar-refractivity contribution in [1.82, 2.24) is 5.01 Å². The van der Waals surface area contributed by atoms with Crippen LogP contribution in [0, 0.1) is 10.1 Å². The zero-order valence-electron chi connectivity index (χ0n) is 11.8. The molecule has 2 aromatic rings. The van der Waals surface area contributed by atoms with E-state index in [1.807, 2.05) is 17.1 Å². The molecule has 0 bridgehead atoms. The molecule has 7 heteroatoms. The number of nitrogens with zero attached hydrogens (tertiary/aromatic N) is 3. The van der Waals surface area contributed by atoms with E-state index in [0.717, 1.165) is 18.7 Å². The minimum Gasteiger partial charge on any atom is -0.455 e. The van der Waals surface area contributed by atoms with Crippen LogP contribution in [0.5, 0.6) is 0 Å². The third kappa shape index (κ3) is 3.32. The molecule has 0 atom stereocenters. The minimum absolute atomic E-state index is 0.0596. The number of rotatable bonds is 4. The summed E-state index contributed by atoms with van der Waals surface area (Å²) in [4.78, 5) is 10.2. The standard InChI is InChI=1S/C15H15N3O4/c19-18(20)13-3-1-12(2-4-13)15-6-5-14(22-15)11-16-17-7-9-21-10-8-17/h1-6,11H,7-10H2/b16-11-. The maximum atomic E-state index is 10.6. The van der Waals surface area contributed by atoms with Gasteiger partial charge in [0.15, 0.2) is 0 Å². The van der Waals surface area contributed by atoms with Gasteiger partial charge in [0.2, 0.25) is 0 Å². The second-order valence-corrected chi connectivity index (χ2v) is 4.82. The summed E-state index contributed by atoms with van der Waals surface area (Å²) in [5, 5.41) is 16.9. The molecule has 0 saturated carbocycles. The Labute approximate surface area is 126 Å². The van der Waals surface area contributed by atoms with Crippen LogP contribution in [0.2, 0.25) is 0 Å². The number of benzene rings is 1. The highest BCUT2D eigenvalue weighted by molar-refractivity contribution is 5.77. The van der Waals surface area contributed by atoms with Gasteiger partial charge in [-0.2, -0.15) is 5.10 Å². The monoisotopic (exact) mass is 301 g/mol. The summed E-state index contributed by atoms with van der Waals surface area (Å²) in [6.45, 7) is 2.91. The number of non-ortho nitro benzene ring substituents is 1. The zero-order chi connectivity index (χ0) is 15.4. The first kappa shape index (κ1) is 14.3. The minimum atomic E-state index is -0.424. The lowest BCUT2D eigenvalue weighted by Gasteiger charge is -2.23. The van der Waals surface area contributed by atoms with Crippen molar-refractivity contribution >= 4 is 11.9 Å². The van der Waals surface area contributed by atoms with Gasteiger partial charge in [0.05, 0.1) is 37.4 Å². The Morgan fingerprint density at radius 3 is 2.55 bits per heavy atom. The molecule has 0 amide bonds. The Kier molecular flexibility index (Phi) is 4.15. The molecule has 1 aliphatic heterocycles. The fourth-order valence-electron chi connectivity index (χ4n) is 2.13. The fraction of sp³-hybridized carbons (Fsp3) is 0.267. The summed E-state index contributed by atoms with van der Waals surface area (Å²) in [7, 11) is 0. The van der Waals surface area contributed by atoms with Gasteiger partial charge in [-0.25, -0.2) is 0 Å². The number of hydrogen-bond donors (Lipinski definition) is 0. The van der Waals surface area contributed by atoms with Crippen molar-refractivity contribution in [3.8, 4) is 11.3 Å². The molecule has 2 heterocycles. The van der Waals surface area contributed by atoms with E-state index in [4.69, 9.17) is 9.15 Å². The van der Waals surface area contributed by atoms with Gasteiger partial charge in [-0.05, 0) is 24.3 Å². The summed E-state index contributed by atoms with van der Waals surface area (Å²) in [6, 6.07) is 9.89. The van der Waals surface area contributed by atoms with Crippen LogP contribution in [0.3, 0.4) is 0 Å². The second kappa shape index (κ2) is 6.40. The molecule has 0 unspecified atom stereocenters. The molecule has 114 valence electrons. The second-order valence-electron chi connectivity index (χ2n) is 4.82. The molecule has 0 aliphatic carbocycles. The number of ether oxygens (including phenoxy) is 1. The van der Waals surface area contributed by atoms with Crippen LogP contribution in [0.25, 0.3) is 11.3 Å². The third-order valence-corrected chi connectivity index (χ3v) is 3.33. The maximum absolute atomic E-state index is 10.6. The Morgan fingerprint density at radius 1 is 1.14 bits per heavy atom. The van der Waals surface area contributed by atoms with Crippen molar-refractivity contribution in [1.29, 1.82) is 0 Å². The third-order valence-electron chi connectivity index (χ3n) is 3.33. The number of morpholine rings is 1. The van der Waals surface area contributed by atoms with E-state index in [1.165, 1.54) is 12.1 Å². The van der Waals surface area contributed by atoms with E-state index in [-0.39, 0.29) is 5.69 Å². The van der Waals surface area contributed by atoms with Gasteiger partial charge in [0.1, 0.15) is 11.5 Å². The lowest BCUT2D eigenvalue weighted by Crippen LogP contribution is -2.32. The summed E-state index contributed by atoms with van der Waals surface area (Å²) in [5.74, 6) is 1.29. The van der Waals surface area contributed by atoms with Crippen molar-refractivity contribution in [2.45, 2.75) is 0 Å². The molecule has 3 rings (SSSR count). The predicted octanol–water partition coefficient (Wildman–Crippen LogP) is 2.52. The molecule has 1 aromatic carbocycles. The van der Waals surface area contributed by atoms with E-state index in [2.05, 4.69) is 5.10 Å². The van der Waals surface area contributed by atoms with Gasteiger partial charge in [-0.1, -0.05) is 0 Å². The van der Waals surface area contributed by atoms with Crippen LogP contribution in [0.4, 0.5) is 5.69 Å². The lowest BCUT2D eigenvalue weighted by atomic mass is 10.1. The molecule has 7 nitrogen and oxygen atoms in total. The smallest absolute Gasteiger partial charge is 0.269 e. The Bertz CT molecular complexity index is 672. The van der Waals surface area contributed by atoms with Gasteiger partial charge < -0.3 is 9.15 Å². The molecule has 1 saturated heterocycles.